The van der Waals surface area contributed by atoms with Crippen LogP contribution in [0.1, 0.15) is 54.4 Å². The van der Waals surface area contributed by atoms with Crippen LogP contribution in [0.25, 0.3) is 0 Å². The second-order valence-corrected chi connectivity index (χ2v) is 12.5. The molecule has 2 aromatic carbocycles. The average Bonchev–Trinajstić information content (AvgIpc) is 3.04. The fraction of sp³-hybridized carbons (Fsp3) is 0.500. The third-order valence-corrected chi connectivity index (χ3v) is 8.55. The van der Waals surface area contributed by atoms with E-state index in [9.17, 15) is 29.1 Å². The monoisotopic (exact) mass is 725 g/mol. The smallest absolute Gasteiger partial charge is 0.305 e. The second kappa shape index (κ2) is 23.5. The van der Waals surface area contributed by atoms with Crippen LogP contribution >= 0.6 is 24.2 Å². The summed E-state index contributed by atoms with van der Waals surface area (Å²) >= 11 is 1.50. The van der Waals surface area contributed by atoms with Gasteiger partial charge >= 0.3 is 5.97 Å². The molecule has 2 rings (SSSR count). The average molecular weight is 726 g/mol. The number of ether oxygens (including phenoxy) is 1. The highest BCUT2D eigenvalue weighted by Crippen LogP contribution is 2.22. The number of aryl methyl sites for hydroxylation is 2. The van der Waals surface area contributed by atoms with Crippen molar-refractivity contribution in [3.8, 4) is 5.75 Å². The molecule has 0 unspecified atom stereocenters. The number of nitrogens with two attached hydrogens (primary N) is 2. The minimum Gasteiger partial charge on any atom is -0.508 e. The number of aromatic hydroxyl groups is 1. The van der Waals surface area contributed by atoms with Crippen LogP contribution in [0, 0.1) is 13.8 Å². The fourth-order valence-corrected chi connectivity index (χ4v) is 5.73. The predicted molar refractivity (Wildman–Crippen MR) is 193 cm³/mol. The van der Waals surface area contributed by atoms with Gasteiger partial charge in [-0.1, -0.05) is 36.8 Å². The number of carbonyl (C=O) groups excluding carboxylic acids is 5. The van der Waals surface area contributed by atoms with Crippen LogP contribution in [-0.4, -0.2) is 95.4 Å². The van der Waals surface area contributed by atoms with Crippen molar-refractivity contribution in [1.29, 1.82) is 0 Å². The molecule has 15 heteroatoms. The highest BCUT2D eigenvalue weighted by atomic mass is 35.5. The van der Waals surface area contributed by atoms with Crippen LogP contribution in [0.15, 0.2) is 42.5 Å². The maximum absolute atomic E-state index is 13.6. The summed E-state index contributed by atoms with van der Waals surface area (Å²) in [6.45, 7) is 3.43. The number of nitrogens with one attached hydrogen (secondary N) is 2. The van der Waals surface area contributed by atoms with Gasteiger partial charge in [-0.25, -0.2) is 0 Å². The lowest BCUT2D eigenvalue weighted by Crippen LogP contribution is -2.55. The second-order valence-electron chi connectivity index (χ2n) is 11.5. The van der Waals surface area contributed by atoms with Crippen molar-refractivity contribution in [2.45, 2.75) is 76.9 Å². The molecule has 49 heavy (non-hydrogen) atoms. The van der Waals surface area contributed by atoms with Crippen molar-refractivity contribution in [3.63, 3.8) is 0 Å². The number of phenolic OH excluding ortho intramolecular Hbond substituents is 1. The molecular formula is C34H52ClN5O8S. The molecule has 0 spiro atoms. The molecule has 0 saturated heterocycles. The number of carbonyl (C=O) groups is 5. The molecule has 0 aliphatic rings. The number of nitrogens with zero attached hydrogens (tertiary/aromatic N) is 1. The highest BCUT2D eigenvalue weighted by molar-refractivity contribution is 7.98. The number of halogens is 1. The third kappa shape index (κ3) is 15.5. The Labute approximate surface area is 299 Å². The van der Waals surface area contributed by atoms with E-state index in [-0.39, 0.29) is 55.4 Å². The van der Waals surface area contributed by atoms with Gasteiger partial charge in [0, 0.05) is 19.4 Å². The standard InChI is InChI=1S/C34H49N5O7S.ClH.H2O/c1-22-17-25(40)18-23(2)26(22)20-27(35)33(44)38-28(14-16-47-4)34(45)37-21-30(41)39(15-10-6-9-13-31(42)46-3)29(32(36)43)19-24-11-7-5-8-12-24;;/h5,7-8,11-12,17-18,27-29,40H,6,9-10,13-16,19-21,35H2,1-4H3,(H2,36,43)(H,37,45)(H,38,44);1H;1H2/t27-,28+,29-;;/m0../s1. The van der Waals surface area contributed by atoms with Crippen LogP contribution in [0.2, 0.25) is 0 Å². The Hall–Kier alpha value is -3.85. The van der Waals surface area contributed by atoms with Crippen LogP contribution in [0.5, 0.6) is 5.75 Å². The summed E-state index contributed by atoms with van der Waals surface area (Å²) in [5, 5.41) is 15.2. The van der Waals surface area contributed by atoms with Gasteiger partial charge < -0.3 is 42.3 Å². The SMILES string of the molecule is COC(=O)CCCCCN(C(=O)CNC(=O)[C@@H](CCSC)NC(=O)[C@@H](N)Cc1c(C)cc(O)cc1C)[C@@H](Cc1ccccc1)C(N)=O.Cl.O. The summed E-state index contributed by atoms with van der Waals surface area (Å²) in [4.78, 5) is 65.4. The van der Waals surface area contributed by atoms with Crippen molar-refractivity contribution in [3.05, 3.63) is 64.7 Å². The summed E-state index contributed by atoms with van der Waals surface area (Å²) in [5.41, 5.74) is 15.3. The molecule has 4 amide bonds. The van der Waals surface area contributed by atoms with Gasteiger partial charge in [-0.15, -0.1) is 12.4 Å². The van der Waals surface area contributed by atoms with Gasteiger partial charge in [0.05, 0.1) is 19.7 Å². The van der Waals surface area contributed by atoms with Gasteiger partial charge in [0.2, 0.25) is 23.6 Å². The minimum atomic E-state index is -0.959. The molecule has 0 bridgehead atoms. The Kier molecular flexibility index (Phi) is 21.6. The first-order chi connectivity index (χ1) is 22.4. The van der Waals surface area contributed by atoms with Crippen molar-refractivity contribution in [2.24, 2.45) is 11.5 Å². The molecule has 3 atom stereocenters. The number of primary amides is 1. The highest BCUT2D eigenvalue weighted by Gasteiger charge is 2.30. The summed E-state index contributed by atoms with van der Waals surface area (Å²) < 4.78 is 4.68. The largest absolute Gasteiger partial charge is 0.508 e. The first kappa shape index (κ1) is 45.2. The van der Waals surface area contributed by atoms with Gasteiger partial charge in [-0.3, -0.25) is 24.0 Å². The maximum Gasteiger partial charge on any atom is 0.305 e. The summed E-state index contributed by atoms with van der Waals surface area (Å²) in [5.74, 6) is -1.89. The van der Waals surface area contributed by atoms with Crippen LogP contribution < -0.4 is 22.1 Å². The van der Waals surface area contributed by atoms with Gasteiger partial charge in [-0.2, -0.15) is 11.8 Å². The van der Waals surface area contributed by atoms with E-state index in [1.165, 1.54) is 23.8 Å². The Balaban J connectivity index is 0.0000115. The molecule has 0 saturated carbocycles. The Morgan fingerprint density at radius 1 is 0.980 bits per heavy atom. The lowest BCUT2D eigenvalue weighted by Gasteiger charge is -2.30. The van der Waals surface area contributed by atoms with E-state index < -0.39 is 48.3 Å². The summed E-state index contributed by atoms with van der Waals surface area (Å²) in [6.07, 6.45) is 4.49. The van der Waals surface area contributed by atoms with Crippen molar-refractivity contribution >= 4 is 53.8 Å². The number of methoxy groups -OCH3 is 1. The lowest BCUT2D eigenvalue weighted by atomic mass is 9.96. The van der Waals surface area contributed by atoms with E-state index in [0.29, 0.717) is 31.4 Å². The molecule has 0 radical (unpaired) electrons. The van der Waals surface area contributed by atoms with Gasteiger partial charge in [-0.05, 0) is 85.9 Å². The lowest BCUT2D eigenvalue weighted by molar-refractivity contribution is -0.141. The van der Waals surface area contributed by atoms with Crippen LogP contribution in [0.4, 0.5) is 0 Å². The molecule has 9 N–H and O–H groups in total. The van der Waals surface area contributed by atoms with Gasteiger partial charge in [0.25, 0.3) is 0 Å². The first-order valence-corrected chi connectivity index (χ1v) is 17.1. The van der Waals surface area contributed by atoms with E-state index in [1.807, 2.05) is 50.4 Å². The Morgan fingerprint density at radius 2 is 1.61 bits per heavy atom. The van der Waals surface area contributed by atoms with Crippen molar-refractivity contribution < 1.29 is 39.3 Å². The van der Waals surface area contributed by atoms with Gasteiger partial charge in [0.1, 0.15) is 17.8 Å². The fourth-order valence-electron chi connectivity index (χ4n) is 5.26. The topological polar surface area (TPSA) is 226 Å². The molecule has 0 aliphatic carbocycles. The zero-order valence-electron chi connectivity index (χ0n) is 28.7. The van der Waals surface area contributed by atoms with Crippen LogP contribution in [-0.2, 0) is 41.6 Å². The number of thioether (sulfide) groups is 1. The molecule has 0 aliphatic heterocycles. The zero-order chi connectivity index (χ0) is 34.9. The zero-order valence-corrected chi connectivity index (χ0v) is 30.3. The summed E-state index contributed by atoms with van der Waals surface area (Å²) in [7, 11) is 1.32. The number of hydrogen-bond donors (Lipinski definition) is 5. The third-order valence-electron chi connectivity index (χ3n) is 7.90. The number of hydrogen-bond acceptors (Lipinski definition) is 9. The van der Waals surface area contributed by atoms with Crippen molar-refractivity contribution in [2.75, 3.05) is 32.2 Å². The molecule has 274 valence electrons. The molecule has 13 nitrogen and oxygen atoms in total. The molecule has 0 aromatic heterocycles. The number of esters is 1. The van der Waals surface area contributed by atoms with Gasteiger partial charge in [0.15, 0.2) is 0 Å². The quantitative estimate of drug-likeness (QED) is 0.0983. The number of amides is 4. The number of phenols is 1. The maximum atomic E-state index is 13.6. The summed E-state index contributed by atoms with van der Waals surface area (Å²) in [6, 6.07) is 9.53. The Bertz CT molecular complexity index is 1340. The number of unbranched alkanes of at least 4 members (excludes halogenated alkanes) is 2. The minimum absolute atomic E-state index is 0. The molecule has 0 fully saturated rings. The van der Waals surface area contributed by atoms with Crippen molar-refractivity contribution in [1.82, 2.24) is 15.5 Å². The predicted octanol–water partition coefficient (Wildman–Crippen LogP) is 1.49. The van der Waals surface area contributed by atoms with E-state index in [2.05, 4.69) is 15.4 Å². The molecule has 0 heterocycles. The van der Waals surface area contributed by atoms with E-state index >= 15 is 0 Å². The first-order valence-electron chi connectivity index (χ1n) is 15.7. The normalized spacial score (nSPS) is 12.3. The molecule has 2 aromatic rings. The molecular weight excluding hydrogens is 674 g/mol. The Morgan fingerprint density at radius 3 is 2.18 bits per heavy atom. The van der Waals surface area contributed by atoms with E-state index in [1.54, 1.807) is 12.1 Å². The van der Waals surface area contributed by atoms with E-state index in [4.69, 9.17) is 11.5 Å². The van der Waals surface area contributed by atoms with E-state index in [0.717, 1.165) is 22.3 Å². The number of benzene rings is 2. The van der Waals surface area contributed by atoms with Crippen LogP contribution in [0.3, 0.4) is 0 Å². The number of rotatable bonds is 20.